The Bertz CT molecular complexity index is 666. The van der Waals surface area contributed by atoms with Crippen LogP contribution in [0.2, 0.25) is 0 Å². The zero-order valence-electron chi connectivity index (χ0n) is 15.5. The molecule has 2 aliphatic carbocycles. The molecule has 0 radical (unpaired) electrons. The Hall–Kier alpha value is -0.870. The third-order valence-corrected chi connectivity index (χ3v) is 8.64. The van der Waals surface area contributed by atoms with E-state index in [2.05, 4.69) is 4.36 Å². The molecule has 4 heteroatoms. The Balaban J connectivity index is 1.80. The van der Waals surface area contributed by atoms with Gasteiger partial charge in [-0.1, -0.05) is 69.6 Å². The second-order valence-corrected chi connectivity index (χ2v) is 10.4. The molecule has 0 spiro atoms. The van der Waals surface area contributed by atoms with E-state index in [0.29, 0.717) is 17.6 Å². The van der Waals surface area contributed by atoms with Gasteiger partial charge in [-0.25, -0.2) is 8.57 Å². The first-order valence-corrected chi connectivity index (χ1v) is 11.7. The summed E-state index contributed by atoms with van der Waals surface area (Å²) in [6.45, 7) is 0. The maximum absolute atomic E-state index is 13.5. The van der Waals surface area contributed by atoms with Crippen molar-refractivity contribution < 1.29 is 9.32 Å². The van der Waals surface area contributed by atoms with Gasteiger partial charge in [0, 0.05) is 11.9 Å². The number of benzene rings is 1. The van der Waals surface area contributed by atoms with Crippen molar-refractivity contribution in [3.8, 4) is 0 Å². The van der Waals surface area contributed by atoms with E-state index < -0.39 is 15.3 Å². The Kier molecular flexibility index (Phi) is 6.21. The summed E-state index contributed by atoms with van der Waals surface area (Å²) in [6.07, 6.45) is 11.9. The van der Waals surface area contributed by atoms with Gasteiger partial charge in [-0.2, -0.15) is 0 Å². The van der Waals surface area contributed by atoms with Crippen LogP contribution in [0.25, 0.3) is 0 Å². The Labute approximate surface area is 153 Å². The maximum atomic E-state index is 13.5. The fourth-order valence-corrected chi connectivity index (χ4v) is 6.66. The summed E-state index contributed by atoms with van der Waals surface area (Å²) in [6, 6.07) is 9.52. The van der Waals surface area contributed by atoms with E-state index in [1.807, 2.05) is 30.3 Å². The van der Waals surface area contributed by atoms with Gasteiger partial charge in [0.05, 0.1) is 21.1 Å². The maximum Gasteiger partial charge on any atom is 0.0805 e. The summed E-state index contributed by atoms with van der Waals surface area (Å²) in [4.78, 5) is 0.759. The van der Waals surface area contributed by atoms with E-state index in [1.165, 1.54) is 44.9 Å². The van der Waals surface area contributed by atoms with Crippen LogP contribution in [0.5, 0.6) is 0 Å². The number of rotatable bonds is 3. The summed E-state index contributed by atoms with van der Waals surface area (Å²) in [7, 11) is -0.923. The lowest BCUT2D eigenvalue weighted by atomic mass is 9.89. The van der Waals surface area contributed by atoms with Gasteiger partial charge < -0.3 is 5.11 Å². The molecule has 0 amide bonds. The number of nitrogens with zero attached hydrogens (tertiary/aromatic N) is 1. The SMILES string of the molecule is CN=S(=O)(C[C@@]1(O)CCCCCCCCC[C@@H]2C[C@@H]21)c1ccccc1. The van der Waals surface area contributed by atoms with Crippen molar-refractivity contribution in [2.24, 2.45) is 16.2 Å². The first-order valence-electron chi connectivity index (χ1n) is 9.98. The van der Waals surface area contributed by atoms with Gasteiger partial charge in [-0.15, -0.1) is 0 Å². The minimum absolute atomic E-state index is 0.293. The molecule has 4 atom stereocenters. The molecule has 2 fully saturated rings. The molecule has 0 aromatic heterocycles. The molecule has 1 aromatic rings. The first kappa shape index (κ1) is 18.9. The largest absolute Gasteiger partial charge is 0.389 e. The summed E-state index contributed by atoms with van der Waals surface area (Å²) < 4.78 is 17.8. The highest BCUT2D eigenvalue weighted by atomic mass is 32.2. The molecule has 0 heterocycles. The Morgan fingerprint density at radius 1 is 1.08 bits per heavy atom. The van der Waals surface area contributed by atoms with E-state index >= 15 is 0 Å². The third-order valence-electron chi connectivity index (χ3n) is 6.15. The van der Waals surface area contributed by atoms with Crippen molar-refractivity contribution in [2.75, 3.05) is 12.8 Å². The van der Waals surface area contributed by atoms with Crippen molar-refractivity contribution in [3.63, 3.8) is 0 Å². The van der Waals surface area contributed by atoms with Crippen LogP contribution in [0.4, 0.5) is 0 Å². The zero-order valence-corrected chi connectivity index (χ0v) is 16.3. The van der Waals surface area contributed by atoms with Gasteiger partial charge in [0.25, 0.3) is 0 Å². The van der Waals surface area contributed by atoms with Crippen molar-refractivity contribution in [1.29, 1.82) is 0 Å². The second-order valence-electron chi connectivity index (χ2n) is 8.00. The van der Waals surface area contributed by atoms with Crippen LogP contribution in [-0.2, 0) is 9.73 Å². The summed E-state index contributed by atoms with van der Waals surface area (Å²) in [5.74, 6) is 1.24. The van der Waals surface area contributed by atoms with Crippen LogP contribution < -0.4 is 0 Å². The molecular weight excluding hydrogens is 330 g/mol. The molecule has 2 aliphatic rings. The molecule has 1 aromatic carbocycles. The highest BCUT2D eigenvalue weighted by Crippen LogP contribution is 2.52. The first-order chi connectivity index (χ1) is 12.1. The van der Waals surface area contributed by atoms with E-state index in [9.17, 15) is 9.32 Å². The van der Waals surface area contributed by atoms with E-state index in [4.69, 9.17) is 0 Å². The van der Waals surface area contributed by atoms with Crippen LogP contribution in [0, 0.1) is 11.8 Å². The number of hydrogen-bond acceptors (Lipinski definition) is 3. The van der Waals surface area contributed by atoms with Crippen molar-refractivity contribution in [1.82, 2.24) is 0 Å². The predicted molar refractivity (Wildman–Crippen MR) is 104 cm³/mol. The van der Waals surface area contributed by atoms with Crippen molar-refractivity contribution in [2.45, 2.75) is 74.7 Å². The second kappa shape index (κ2) is 8.22. The third kappa shape index (κ3) is 4.65. The highest BCUT2D eigenvalue weighted by Gasteiger charge is 2.52. The normalized spacial score (nSPS) is 33.2. The molecular formula is C21H33NO2S. The smallest absolute Gasteiger partial charge is 0.0805 e. The Morgan fingerprint density at radius 3 is 2.40 bits per heavy atom. The summed E-state index contributed by atoms with van der Waals surface area (Å²) >= 11 is 0. The predicted octanol–water partition coefficient (Wildman–Crippen LogP) is 5.04. The van der Waals surface area contributed by atoms with Crippen LogP contribution >= 0.6 is 0 Å². The molecule has 0 bridgehead atoms. The number of aliphatic hydroxyl groups is 1. The minimum atomic E-state index is -2.56. The van der Waals surface area contributed by atoms with E-state index in [-0.39, 0.29) is 0 Å². The van der Waals surface area contributed by atoms with Crippen LogP contribution in [0.15, 0.2) is 39.6 Å². The molecule has 3 rings (SSSR count). The van der Waals surface area contributed by atoms with Crippen molar-refractivity contribution in [3.05, 3.63) is 30.3 Å². The van der Waals surface area contributed by atoms with Gasteiger partial charge >= 0.3 is 0 Å². The lowest BCUT2D eigenvalue weighted by Crippen LogP contribution is -2.40. The Morgan fingerprint density at radius 2 is 1.72 bits per heavy atom. The van der Waals surface area contributed by atoms with Crippen LogP contribution in [0.3, 0.4) is 0 Å². The fraction of sp³-hybridized carbons (Fsp3) is 0.714. The number of fused-ring (bicyclic) bond motifs is 1. The zero-order chi connectivity index (χ0) is 17.8. The van der Waals surface area contributed by atoms with Gasteiger partial charge in [-0.3, -0.25) is 0 Å². The minimum Gasteiger partial charge on any atom is -0.389 e. The lowest BCUT2D eigenvalue weighted by molar-refractivity contribution is 0.0232. The lowest BCUT2D eigenvalue weighted by Gasteiger charge is -2.31. The molecule has 1 N–H and O–H groups in total. The average Bonchev–Trinajstić information content (AvgIpc) is 3.40. The van der Waals surface area contributed by atoms with Gasteiger partial charge in [0.2, 0.25) is 0 Å². The van der Waals surface area contributed by atoms with E-state index in [1.54, 1.807) is 7.05 Å². The monoisotopic (exact) mass is 363 g/mol. The standard InChI is InChI=1S/C21H33NO2S/c1-22-25(24,19-13-9-7-10-14-19)17-21(23)15-11-6-4-2-3-5-8-12-18-16-20(18)21/h7,9-10,13-14,18,20,23H,2-6,8,11-12,15-17H2,1H3/t18-,20+,21+,25?/m1/s1. The molecule has 1 unspecified atom stereocenters. The topological polar surface area (TPSA) is 49.7 Å². The molecule has 0 saturated heterocycles. The van der Waals surface area contributed by atoms with Gasteiger partial charge in [-0.05, 0) is 36.8 Å². The molecule has 140 valence electrons. The fourth-order valence-electron chi connectivity index (χ4n) is 4.54. The van der Waals surface area contributed by atoms with E-state index in [0.717, 1.165) is 24.2 Å². The number of hydrogen-bond donors (Lipinski definition) is 1. The van der Waals surface area contributed by atoms with Crippen LogP contribution in [-0.4, -0.2) is 27.7 Å². The molecule has 25 heavy (non-hydrogen) atoms. The molecule has 3 nitrogen and oxygen atoms in total. The van der Waals surface area contributed by atoms with Gasteiger partial charge in [0.15, 0.2) is 0 Å². The van der Waals surface area contributed by atoms with Crippen LogP contribution in [0.1, 0.15) is 64.2 Å². The average molecular weight is 364 g/mol. The van der Waals surface area contributed by atoms with Gasteiger partial charge in [0.1, 0.15) is 0 Å². The molecule has 0 aliphatic heterocycles. The quantitative estimate of drug-likeness (QED) is 0.818. The highest BCUT2D eigenvalue weighted by molar-refractivity contribution is 7.93. The van der Waals surface area contributed by atoms with Crippen molar-refractivity contribution >= 4 is 9.73 Å². The summed E-state index contributed by atoms with van der Waals surface area (Å²) in [5.41, 5.74) is -0.823. The molecule has 2 saturated carbocycles. The summed E-state index contributed by atoms with van der Waals surface area (Å²) in [5, 5.41) is 11.6.